The second-order valence-corrected chi connectivity index (χ2v) is 3.34. The van der Waals surface area contributed by atoms with Gasteiger partial charge in [-0.25, -0.2) is 14.4 Å². The van der Waals surface area contributed by atoms with Gasteiger partial charge in [0.05, 0.1) is 0 Å². The van der Waals surface area contributed by atoms with Crippen LogP contribution < -0.4 is 0 Å². The maximum atomic E-state index is 12.7. The molecule has 1 heterocycles. The normalized spacial score (nSPS) is 11.2. The number of rotatable bonds is 3. The average Bonchev–Trinajstić information content (AvgIpc) is 2.40. The fourth-order valence-electron chi connectivity index (χ4n) is 1.37. The Hall–Kier alpha value is -2.36. The first-order chi connectivity index (χ1) is 8.29. The van der Waals surface area contributed by atoms with Gasteiger partial charge in [-0.3, -0.25) is 4.79 Å². The second kappa shape index (κ2) is 5.12. The van der Waals surface area contributed by atoms with Crippen LogP contribution in [0.2, 0.25) is 0 Å². The van der Waals surface area contributed by atoms with E-state index in [1.807, 2.05) is 0 Å². The van der Waals surface area contributed by atoms with Crippen LogP contribution in [0.5, 0.6) is 0 Å². The van der Waals surface area contributed by atoms with Gasteiger partial charge in [0.15, 0.2) is 17.9 Å². The first-order valence-corrected chi connectivity index (χ1v) is 4.99. The van der Waals surface area contributed by atoms with Gasteiger partial charge in [-0.1, -0.05) is 24.3 Å². The van der Waals surface area contributed by atoms with E-state index >= 15 is 0 Å². The maximum absolute atomic E-state index is 12.7. The summed E-state index contributed by atoms with van der Waals surface area (Å²) in [6, 6.07) is 8.70. The molecule has 0 atom stereocenters. The molecule has 0 radical (unpaired) electrons. The predicted octanol–water partition coefficient (Wildman–Crippen LogP) is 2.65. The molecule has 0 saturated carbocycles. The summed E-state index contributed by atoms with van der Waals surface area (Å²) in [5.41, 5.74) is 1.46. The van der Waals surface area contributed by atoms with E-state index in [0.717, 1.165) is 5.56 Å². The highest BCUT2D eigenvalue weighted by atomic mass is 19.1. The van der Waals surface area contributed by atoms with Gasteiger partial charge in [0.25, 0.3) is 0 Å². The zero-order valence-corrected chi connectivity index (χ0v) is 8.88. The highest BCUT2D eigenvalue weighted by Gasteiger charge is 1.99. The van der Waals surface area contributed by atoms with Gasteiger partial charge in [0.1, 0.15) is 0 Å². The SMILES string of the molecule is O=C/C(F)=C\c1ccc(-c2ncccn2)cc1. The molecule has 0 amide bonds. The Morgan fingerprint density at radius 2 is 1.76 bits per heavy atom. The lowest BCUT2D eigenvalue weighted by Gasteiger charge is -1.99. The van der Waals surface area contributed by atoms with Crippen LogP contribution in [0.1, 0.15) is 5.56 Å². The first-order valence-electron chi connectivity index (χ1n) is 4.99. The number of allylic oxidation sites excluding steroid dienone is 1. The number of carbonyl (C=O) groups excluding carboxylic acids is 1. The third-order valence-electron chi connectivity index (χ3n) is 2.15. The van der Waals surface area contributed by atoms with Crippen molar-refractivity contribution in [1.29, 1.82) is 0 Å². The van der Waals surface area contributed by atoms with Crippen molar-refractivity contribution in [2.24, 2.45) is 0 Å². The molecule has 4 heteroatoms. The molecule has 0 aliphatic carbocycles. The van der Waals surface area contributed by atoms with Crippen LogP contribution in [0.4, 0.5) is 4.39 Å². The molecule has 1 aromatic carbocycles. The minimum absolute atomic E-state index is 0.175. The highest BCUT2D eigenvalue weighted by molar-refractivity contribution is 5.78. The fraction of sp³-hybridized carbons (Fsp3) is 0. The van der Waals surface area contributed by atoms with Crippen LogP contribution >= 0.6 is 0 Å². The lowest BCUT2D eigenvalue weighted by atomic mass is 10.1. The van der Waals surface area contributed by atoms with Crippen molar-refractivity contribution >= 4 is 12.4 Å². The highest BCUT2D eigenvalue weighted by Crippen LogP contribution is 2.16. The van der Waals surface area contributed by atoms with Crippen LogP contribution in [-0.2, 0) is 4.79 Å². The van der Waals surface area contributed by atoms with E-state index in [9.17, 15) is 9.18 Å². The smallest absolute Gasteiger partial charge is 0.178 e. The molecule has 0 spiro atoms. The zero-order chi connectivity index (χ0) is 12.1. The number of benzene rings is 1. The summed E-state index contributed by atoms with van der Waals surface area (Å²) in [6.45, 7) is 0. The third kappa shape index (κ3) is 2.81. The van der Waals surface area contributed by atoms with Crippen molar-refractivity contribution in [1.82, 2.24) is 9.97 Å². The molecule has 0 saturated heterocycles. The van der Waals surface area contributed by atoms with E-state index in [1.165, 1.54) is 6.08 Å². The lowest BCUT2D eigenvalue weighted by Crippen LogP contribution is -1.86. The molecule has 1 aromatic heterocycles. The van der Waals surface area contributed by atoms with Gasteiger partial charge in [0, 0.05) is 18.0 Å². The molecule has 0 unspecified atom stereocenters. The molecule has 0 bridgehead atoms. The molecular weight excluding hydrogens is 219 g/mol. The Labute approximate surface area is 97.7 Å². The number of hydrogen-bond acceptors (Lipinski definition) is 3. The van der Waals surface area contributed by atoms with Crippen molar-refractivity contribution in [2.75, 3.05) is 0 Å². The maximum Gasteiger partial charge on any atom is 0.178 e. The van der Waals surface area contributed by atoms with Crippen LogP contribution in [0.3, 0.4) is 0 Å². The first kappa shape index (κ1) is 11.1. The standard InChI is InChI=1S/C13H9FN2O/c14-12(9-17)8-10-2-4-11(5-3-10)13-15-6-1-7-16-13/h1-9H/b12-8+. The topological polar surface area (TPSA) is 42.9 Å². The lowest BCUT2D eigenvalue weighted by molar-refractivity contribution is -0.106. The number of halogens is 1. The van der Waals surface area contributed by atoms with Crippen molar-refractivity contribution in [2.45, 2.75) is 0 Å². The minimum atomic E-state index is -0.797. The summed E-state index contributed by atoms with van der Waals surface area (Å²) in [7, 11) is 0. The van der Waals surface area contributed by atoms with Crippen molar-refractivity contribution in [3.05, 3.63) is 54.1 Å². The van der Waals surface area contributed by atoms with Gasteiger partial charge < -0.3 is 0 Å². The molecule has 84 valence electrons. The van der Waals surface area contributed by atoms with Crippen LogP contribution in [-0.4, -0.2) is 16.3 Å². The van der Waals surface area contributed by atoms with E-state index in [4.69, 9.17) is 0 Å². The summed E-state index contributed by atoms with van der Waals surface area (Å²) in [5.74, 6) is -0.187. The van der Waals surface area contributed by atoms with Crippen molar-refractivity contribution < 1.29 is 9.18 Å². The van der Waals surface area contributed by atoms with E-state index in [0.29, 0.717) is 11.4 Å². The van der Waals surface area contributed by atoms with Gasteiger partial charge >= 0.3 is 0 Å². The number of hydrogen-bond donors (Lipinski definition) is 0. The molecule has 17 heavy (non-hydrogen) atoms. The van der Waals surface area contributed by atoms with Crippen molar-refractivity contribution in [3.8, 4) is 11.4 Å². The summed E-state index contributed by atoms with van der Waals surface area (Å²) in [4.78, 5) is 18.3. The Kier molecular flexibility index (Phi) is 3.35. The zero-order valence-electron chi connectivity index (χ0n) is 8.88. The average molecular weight is 228 g/mol. The summed E-state index contributed by atoms with van der Waals surface area (Å²) in [5, 5.41) is 0. The number of nitrogens with zero attached hydrogens (tertiary/aromatic N) is 2. The molecule has 0 N–H and O–H groups in total. The van der Waals surface area contributed by atoms with Gasteiger partial charge in [-0.05, 0) is 17.7 Å². The Bertz CT molecular complexity index is 535. The van der Waals surface area contributed by atoms with E-state index < -0.39 is 5.83 Å². The quantitative estimate of drug-likeness (QED) is 0.599. The largest absolute Gasteiger partial charge is 0.295 e. The molecule has 0 aliphatic rings. The Morgan fingerprint density at radius 3 is 2.35 bits per heavy atom. The second-order valence-electron chi connectivity index (χ2n) is 3.34. The Morgan fingerprint density at radius 1 is 1.12 bits per heavy atom. The molecule has 0 fully saturated rings. The fourth-order valence-corrected chi connectivity index (χ4v) is 1.37. The van der Waals surface area contributed by atoms with Crippen LogP contribution in [0.15, 0.2) is 48.6 Å². The molecule has 2 rings (SSSR count). The van der Waals surface area contributed by atoms with Crippen LogP contribution in [0.25, 0.3) is 17.5 Å². The molecule has 2 aromatic rings. The van der Waals surface area contributed by atoms with Crippen molar-refractivity contribution in [3.63, 3.8) is 0 Å². The van der Waals surface area contributed by atoms with E-state index in [2.05, 4.69) is 9.97 Å². The predicted molar refractivity (Wildman–Crippen MR) is 62.6 cm³/mol. The monoisotopic (exact) mass is 228 g/mol. The van der Waals surface area contributed by atoms with Gasteiger partial charge in [-0.2, -0.15) is 0 Å². The van der Waals surface area contributed by atoms with E-state index in [1.54, 1.807) is 42.7 Å². The van der Waals surface area contributed by atoms with Gasteiger partial charge in [0.2, 0.25) is 0 Å². The minimum Gasteiger partial charge on any atom is -0.295 e. The number of aldehydes is 1. The van der Waals surface area contributed by atoms with Gasteiger partial charge in [-0.15, -0.1) is 0 Å². The molecule has 3 nitrogen and oxygen atoms in total. The third-order valence-corrected chi connectivity index (χ3v) is 2.15. The van der Waals surface area contributed by atoms with E-state index in [-0.39, 0.29) is 6.29 Å². The Balaban J connectivity index is 2.28. The number of aromatic nitrogens is 2. The number of carbonyl (C=O) groups is 1. The summed E-state index contributed by atoms with van der Waals surface area (Å²) >= 11 is 0. The van der Waals surface area contributed by atoms with Crippen LogP contribution in [0, 0.1) is 0 Å². The summed E-state index contributed by atoms with van der Waals surface area (Å²) in [6.07, 6.45) is 4.65. The molecular formula is C13H9FN2O. The summed E-state index contributed by atoms with van der Waals surface area (Å²) < 4.78 is 12.7. The molecule has 0 aliphatic heterocycles.